The van der Waals surface area contributed by atoms with Crippen molar-refractivity contribution in [3.63, 3.8) is 0 Å². The zero-order valence-electron chi connectivity index (χ0n) is 8.74. The van der Waals surface area contributed by atoms with Gasteiger partial charge in [-0.2, -0.15) is 0 Å². The van der Waals surface area contributed by atoms with E-state index in [0.717, 1.165) is 11.3 Å². The van der Waals surface area contributed by atoms with E-state index in [1.54, 1.807) is 12.3 Å². The molecule has 84 valence electrons. The van der Waals surface area contributed by atoms with Crippen molar-refractivity contribution < 1.29 is 4.39 Å². The average molecular weight is 240 g/mol. The molecular formula is C11H11ClFN3. The van der Waals surface area contributed by atoms with Gasteiger partial charge in [0.2, 0.25) is 5.95 Å². The fraction of sp³-hybridized carbons (Fsp3) is 0.182. The van der Waals surface area contributed by atoms with Gasteiger partial charge in [0.05, 0.1) is 12.7 Å². The summed E-state index contributed by atoms with van der Waals surface area (Å²) in [5.41, 5.74) is 7.46. The largest absolute Gasteiger partial charge is 0.369 e. The number of imidazole rings is 1. The Morgan fingerprint density at radius 3 is 2.81 bits per heavy atom. The Morgan fingerprint density at radius 1 is 1.50 bits per heavy atom. The van der Waals surface area contributed by atoms with Crippen LogP contribution in [-0.2, 0) is 6.54 Å². The molecule has 0 unspecified atom stereocenters. The van der Waals surface area contributed by atoms with E-state index in [1.165, 1.54) is 12.1 Å². The van der Waals surface area contributed by atoms with E-state index < -0.39 is 0 Å². The molecule has 0 aliphatic rings. The van der Waals surface area contributed by atoms with Crippen LogP contribution in [0, 0.1) is 12.7 Å². The molecule has 5 heteroatoms. The molecule has 0 atom stereocenters. The number of nitrogens with zero attached hydrogens (tertiary/aromatic N) is 2. The van der Waals surface area contributed by atoms with Gasteiger partial charge in [-0.3, -0.25) is 0 Å². The molecule has 1 aromatic heterocycles. The lowest BCUT2D eigenvalue weighted by molar-refractivity contribution is 0.626. The third-order valence-electron chi connectivity index (χ3n) is 2.43. The molecule has 0 saturated carbocycles. The summed E-state index contributed by atoms with van der Waals surface area (Å²) in [5.74, 6) is 0.0852. The van der Waals surface area contributed by atoms with E-state index in [2.05, 4.69) is 4.98 Å². The highest BCUT2D eigenvalue weighted by Gasteiger charge is 2.07. The summed E-state index contributed by atoms with van der Waals surface area (Å²) in [5, 5.41) is 0.396. The van der Waals surface area contributed by atoms with Gasteiger partial charge in [0.15, 0.2) is 0 Å². The van der Waals surface area contributed by atoms with Crippen LogP contribution < -0.4 is 5.73 Å². The third kappa shape index (κ3) is 2.02. The highest BCUT2D eigenvalue weighted by molar-refractivity contribution is 6.31. The number of aromatic nitrogens is 2. The quantitative estimate of drug-likeness (QED) is 0.876. The molecule has 1 aromatic carbocycles. The Hall–Kier alpha value is -1.55. The van der Waals surface area contributed by atoms with Gasteiger partial charge >= 0.3 is 0 Å². The first kappa shape index (κ1) is 11.0. The van der Waals surface area contributed by atoms with E-state index in [-0.39, 0.29) is 5.82 Å². The number of halogens is 2. The monoisotopic (exact) mass is 239 g/mol. The minimum atomic E-state index is -0.343. The summed E-state index contributed by atoms with van der Waals surface area (Å²) in [6.45, 7) is 2.40. The molecule has 2 aromatic rings. The second-order valence-corrected chi connectivity index (χ2v) is 3.99. The second kappa shape index (κ2) is 4.14. The van der Waals surface area contributed by atoms with E-state index >= 15 is 0 Å². The Morgan fingerprint density at radius 2 is 2.25 bits per heavy atom. The molecule has 0 aliphatic heterocycles. The van der Waals surface area contributed by atoms with Crippen LogP contribution in [0.4, 0.5) is 10.3 Å². The van der Waals surface area contributed by atoms with Crippen molar-refractivity contribution in [3.05, 3.63) is 46.5 Å². The molecule has 16 heavy (non-hydrogen) atoms. The topological polar surface area (TPSA) is 43.8 Å². The lowest BCUT2D eigenvalue weighted by Crippen LogP contribution is -2.06. The first-order valence-electron chi connectivity index (χ1n) is 4.79. The van der Waals surface area contributed by atoms with Crippen LogP contribution in [0.3, 0.4) is 0 Å². The summed E-state index contributed by atoms with van der Waals surface area (Å²) in [4.78, 5) is 3.98. The fourth-order valence-corrected chi connectivity index (χ4v) is 1.73. The lowest BCUT2D eigenvalue weighted by Gasteiger charge is -2.09. The zero-order chi connectivity index (χ0) is 11.7. The molecule has 1 heterocycles. The van der Waals surface area contributed by atoms with Crippen molar-refractivity contribution >= 4 is 17.5 Å². The number of hydrogen-bond acceptors (Lipinski definition) is 2. The van der Waals surface area contributed by atoms with E-state index in [0.29, 0.717) is 17.5 Å². The maximum atomic E-state index is 12.9. The van der Waals surface area contributed by atoms with Gasteiger partial charge in [0.25, 0.3) is 0 Å². The van der Waals surface area contributed by atoms with E-state index in [9.17, 15) is 4.39 Å². The molecule has 2 rings (SSSR count). The highest BCUT2D eigenvalue weighted by Crippen LogP contribution is 2.20. The number of nitrogen functional groups attached to an aromatic ring is 1. The van der Waals surface area contributed by atoms with Gasteiger partial charge in [0, 0.05) is 10.7 Å². The number of benzene rings is 1. The van der Waals surface area contributed by atoms with Crippen molar-refractivity contribution in [2.45, 2.75) is 13.5 Å². The fourth-order valence-electron chi connectivity index (χ4n) is 1.51. The minimum Gasteiger partial charge on any atom is -0.369 e. The molecule has 0 spiro atoms. The van der Waals surface area contributed by atoms with Crippen LogP contribution in [-0.4, -0.2) is 9.55 Å². The molecule has 0 saturated heterocycles. The van der Waals surface area contributed by atoms with Gasteiger partial charge in [-0.05, 0) is 24.6 Å². The number of hydrogen-bond donors (Lipinski definition) is 1. The smallest absolute Gasteiger partial charge is 0.200 e. The molecular weight excluding hydrogens is 229 g/mol. The van der Waals surface area contributed by atoms with E-state index in [1.807, 2.05) is 11.5 Å². The third-order valence-corrected chi connectivity index (χ3v) is 2.78. The SMILES string of the molecule is Cc1cnc(N)n1Cc1ccc(F)cc1Cl. The second-order valence-electron chi connectivity index (χ2n) is 3.58. The molecule has 2 N–H and O–H groups in total. The van der Waals surface area contributed by atoms with Gasteiger partial charge in [0.1, 0.15) is 5.82 Å². The van der Waals surface area contributed by atoms with Crippen molar-refractivity contribution in [3.8, 4) is 0 Å². The first-order valence-corrected chi connectivity index (χ1v) is 5.17. The number of nitrogens with two attached hydrogens (primary N) is 1. The predicted octanol–water partition coefficient (Wildman–Crippen LogP) is 2.61. The molecule has 0 bridgehead atoms. The molecule has 0 aliphatic carbocycles. The summed E-state index contributed by atoms with van der Waals surface area (Å²) >= 11 is 5.94. The number of anilines is 1. The molecule has 0 fully saturated rings. The molecule has 0 radical (unpaired) electrons. The van der Waals surface area contributed by atoms with Gasteiger partial charge < -0.3 is 10.3 Å². The Bertz CT molecular complexity index is 502. The average Bonchev–Trinajstić information content (AvgIpc) is 2.53. The first-order chi connectivity index (χ1) is 7.58. The molecule has 0 amide bonds. The van der Waals surface area contributed by atoms with Crippen LogP contribution >= 0.6 is 11.6 Å². The van der Waals surface area contributed by atoms with Crippen LogP contribution in [0.2, 0.25) is 5.02 Å². The normalized spacial score (nSPS) is 10.7. The Balaban J connectivity index is 2.34. The van der Waals surface area contributed by atoms with Crippen LogP contribution in [0.5, 0.6) is 0 Å². The van der Waals surface area contributed by atoms with Crippen LogP contribution in [0.15, 0.2) is 24.4 Å². The Kier molecular flexibility index (Phi) is 2.83. The maximum absolute atomic E-state index is 12.9. The van der Waals surface area contributed by atoms with Crippen LogP contribution in [0.1, 0.15) is 11.3 Å². The number of aryl methyl sites for hydroxylation is 1. The van der Waals surface area contributed by atoms with Gasteiger partial charge in [-0.15, -0.1) is 0 Å². The Labute approximate surface area is 97.7 Å². The zero-order valence-corrected chi connectivity index (χ0v) is 9.50. The van der Waals surface area contributed by atoms with Gasteiger partial charge in [-0.1, -0.05) is 17.7 Å². The highest BCUT2D eigenvalue weighted by atomic mass is 35.5. The van der Waals surface area contributed by atoms with E-state index in [4.69, 9.17) is 17.3 Å². The lowest BCUT2D eigenvalue weighted by atomic mass is 10.2. The number of rotatable bonds is 2. The van der Waals surface area contributed by atoms with Crippen molar-refractivity contribution in [2.75, 3.05) is 5.73 Å². The molecule has 3 nitrogen and oxygen atoms in total. The van der Waals surface area contributed by atoms with Crippen molar-refractivity contribution in [2.24, 2.45) is 0 Å². The summed E-state index contributed by atoms with van der Waals surface area (Å²) < 4.78 is 14.7. The summed E-state index contributed by atoms with van der Waals surface area (Å²) in [7, 11) is 0. The standard InChI is InChI=1S/C11H11ClFN3/c1-7-5-15-11(14)16(7)6-8-2-3-9(13)4-10(8)12/h2-5H,6H2,1H3,(H2,14,15). The predicted molar refractivity (Wildman–Crippen MR) is 61.9 cm³/mol. The summed E-state index contributed by atoms with van der Waals surface area (Å²) in [6, 6.07) is 4.32. The van der Waals surface area contributed by atoms with Crippen molar-refractivity contribution in [1.29, 1.82) is 0 Å². The van der Waals surface area contributed by atoms with Crippen molar-refractivity contribution in [1.82, 2.24) is 9.55 Å². The summed E-state index contributed by atoms with van der Waals surface area (Å²) in [6.07, 6.45) is 1.69. The minimum absolute atomic E-state index is 0.343. The van der Waals surface area contributed by atoms with Gasteiger partial charge in [-0.25, -0.2) is 9.37 Å². The van der Waals surface area contributed by atoms with Crippen LogP contribution in [0.25, 0.3) is 0 Å². The maximum Gasteiger partial charge on any atom is 0.200 e.